The molecule has 2 aromatic rings. The Kier molecular flexibility index (Phi) is 4.25. The topological polar surface area (TPSA) is 64.4 Å². The lowest BCUT2D eigenvalue weighted by Gasteiger charge is -2.25. The van der Waals surface area contributed by atoms with E-state index in [0.29, 0.717) is 18.2 Å². The molecule has 4 rings (SSSR count). The van der Waals surface area contributed by atoms with Crippen molar-refractivity contribution in [2.75, 3.05) is 19.4 Å². The van der Waals surface area contributed by atoms with Crippen molar-refractivity contribution in [3.05, 3.63) is 51.9 Å². The molecule has 0 spiro atoms. The molecular formula is C18H19N3O3S. The predicted molar refractivity (Wildman–Crippen MR) is 95.2 cm³/mol. The van der Waals surface area contributed by atoms with Gasteiger partial charge in [-0.1, -0.05) is 23.9 Å². The van der Waals surface area contributed by atoms with Crippen LogP contribution in [-0.4, -0.2) is 39.8 Å². The molecule has 1 amide bonds. The summed E-state index contributed by atoms with van der Waals surface area (Å²) in [6, 6.07) is 7.77. The number of hydrogen-bond donors (Lipinski definition) is 0. The van der Waals surface area contributed by atoms with Crippen molar-refractivity contribution in [3.8, 4) is 5.75 Å². The molecule has 130 valence electrons. The molecule has 3 heterocycles. The van der Waals surface area contributed by atoms with Crippen molar-refractivity contribution in [2.24, 2.45) is 0 Å². The van der Waals surface area contributed by atoms with Gasteiger partial charge in [0.25, 0.3) is 11.5 Å². The van der Waals surface area contributed by atoms with Gasteiger partial charge in [0.1, 0.15) is 11.3 Å². The SMILES string of the molecule is COc1ccc(C2CCCN2C(=O)c2cnc3n(c2=O)CCS3)cc1. The molecule has 0 saturated carbocycles. The molecule has 1 aromatic heterocycles. The molecule has 0 radical (unpaired) electrons. The molecule has 1 atom stereocenters. The summed E-state index contributed by atoms with van der Waals surface area (Å²) in [6.07, 6.45) is 3.27. The van der Waals surface area contributed by atoms with Gasteiger partial charge in [0.05, 0.1) is 13.2 Å². The van der Waals surface area contributed by atoms with E-state index in [4.69, 9.17) is 4.74 Å². The van der Waals surface area contributed by atoms with Crippen LogP contribution in [0.2, 0.25) is 0 Å². The van der Waals surface area contributed by atoms with Crippen molar-refractivity contribution in [2.45, 2.75) is 30.6 Å². The third kappa shape index (κ3) is 2.82. The summed E-state index contributed by atoms with van der Waals surface area (Å²) in [6.45, 7) is 1.28. The number of nitrogens with zero attached hydrogens (tertiary/aromatic N) is 3. The van der Waals surface area contributed by atoms with E-state index in [-0.39, 0.29) is 23.1 Å². The smallest absolute Gasteiger partial charge is 0.267 e. The first-order valence-electron chi connectivity index (χ1n) is 8.36. The number of carbonyl (C=O) groups is 1. The summed E-state index contributed by atoms with van der Waals surface area (Å²) < 4.78 is 6.81. The molecule has 0 N–H and O–H groups in total. The number of amides is 1. The van der Waals surface area contributed by atoms with E-state index in [9.17, 15) is 9.59 Å². The second-order valence-electron chi connectivity index (χ2n) is 6.19. The van der Waals surface area contributed by atoms with E-state index in [1.54, 1.807) is 28.3 Å². The van der Waals surface area contributed by atoms with Gasteiger partial charge in [-0.2, -0.15) is 0 Å². The van der Waals surface area contributed by atoms with Gasteiger partial charge in [-0.3, -0.25) is 14.2 Å². The number of fused-ring (bicyclic) bond motifs is 1. The minimum atomic E-state index is -0.222. The monoisotopic (exact) mass is 357 g/mol. The minimum absolute atomic E-state index is 0.00886. The number of carbonyl (C=O) groups excluding carboxylic acids is 1. The Bertz CT molecular complexity index is 863. The van der Waals surface area contributed by atoms with Crippen molar-refractivity contribution in [3.63, 3.8) is 0 Å². The Morgan fingerprint density at radius 2 is 2.08 bits per heavy atom. The summed E-state index contributed by atoms with van der Waals surface area (Å²) >= 11 is 1.55. The highest BCUT2D eigenvalue weighted by molar-refractivity contribution is 7.99. The largest absolute Gasteiger partial charge is 0.497 e. The standard InChI is InChI=1S/C18H19N3O3S/c1-24-13-6-4-12(5-7-13)15-3-2-8-20(15)16(22)14-11-19-18-21(17(14)23)9-10-25-18/h4-7,11,15H,2-3,8-10H2,1H3. The first-order chi connectivity index (χ1) is 12.2. The average molecular weight is 357 g/mol. The molecule has 1 fully saturated rings. The van der Waals surface area contributed by atoms with Gasteiger partial charge in [-0.05, 0) is 30.5 Å². The Morgan fingerprint density at radius 3 is 2.84 bits per heavy atom. The van der Waals surface area contributed by atoms with Crippen molar-refractivity contribution < 1.29 is 9.53 Å². The number of benzene rings is 1. The second kappa shape index (κ2) is 6.55. The number of ether oxygens (including phenoxy) is 1. The van der Waals surface area contributed by atoms with Gasteiger partial charge < -0.3 is 9.64 Å². The predicted octanol–water partition coefficient (Wildman–Crippen LogP) is 2.33. The Hall–Kier alpha value is -2.28. The second-order valence-corrected chi connectivity index (χ2v) is 7.25. The summed E-state index contributed by atoms with van der Waals surface area (Å²) in [5.74, 6) is 1.40. The van der Waals surface area contributed by atoms with Crippen LogP contribution in [0.15, 0.2) is 40.4 Å². The zero-order chi connectivity index (χ0) is 17.4. The van der Waals surface area contributed by atoms with Crippen molar-refractivity contribution in [1.29, 1.82) is 0 Å². The zero-order valence-corrected chi connectivity index (χ0v) is 14.8. The fraction of sp³-hybridized carbons (Fsp3) is 0.389. The highest BCUT2D eigenvalue weighted by Crippen LogP contribution is 2.33. The van der Waals surface area contributed by atoms with Crippen LogP contribution in [0.3, 0.4) is 0 Å². The van der Waals surface area contributed by atoms with Crippen LogP contribution in [0.1, 0.15) is 34.8 Å². The Morgan fingerprint density at radius 1 is 1.28 bits per heavy atom. The quantitative estimate of drug-likeness (QED) is 0.789. The lowest BCUT2D eigenvalue weighted by Crippen LogP contribution is -2.36. The molecule has 7 heteroatoms. The summed E-state index contributed by atoms with van der Waals surface area (Å²) in [5, 5.41) is 0.703. The number of hydrogen-bond acceptors (Lipinski definition) is 5. The van der Waals surface area contributed by atoms with Crippen LogP contribution in [0.4, 0.5) is 0 Å². The zero-order valence-electron chi connectivity index (χ0n) is 14.0. The molecule has 25 heavy (non-hydrogen) atoms. The number of methoxy groups -OCH3 is 1. The van der Waals surface area contributed by atoms with Crippen LogP contribution in [-0.2, 0) is 6.54 Å². The fourth-order valence-electron chi connectivity index (χ4n) is 3.50. The maximum atomic E-state index is 13.0. The molecule has 0 aliphatic carbocycles. The van der Waals surface area contributed by atoms with E-state index in [1.807, 2.05) is 24.3 Å². The molecule has 1 aromatic carbocycles. The van der Waals surface area contributed by atoms with Gasteiger partial charge in [-0.25, -0.2) is 4.98 Å². The summed E-state index contributed by atoms with van der Waals surface area (Å²) in [7, 11) is 1.63. The van der Waals surface area contributed by atoms with E-state index in [0.717, 1.165) is 29.9 Å². The third-order valence-electron chi connectivity index (χ3n) is 4.80. The van der Waals surface area contributed by atoms with E-state index < -0.39 is 0 Å². The van der Waals surface area contributed by atoms with E-state index in [2.05, 4.69) is 4.98 Å². The van der Waals surface area contributed by atoms with E-state index in [1.165, 1.54) is 6.20 Å². The molecule has 1 unspecified atom stereocenters. The van der Waals surface area contributed by atoms with Crippen LogP contribution in [0.25, 0.3) is 0 Å². The highest BCUT2D eigenvalue weighted by atomic mass is 32.2. The summed E-state index contributed by atoms with van der Waals surface area (Å²) in [4.78, 5) is 31.7. The normalized spacial score (nSPS) is 19.1. The third-order valence-corrected chi connectivity index (χ3v) is 5.77. The molecule has 0 bridgehead atoms. The van der Waals surface area contributed by atoms with Gasteiger partial charge in [0, 0.05) is 25.0 Å². The maximum absolute atomic E-state index is 13.0. The van der Waals surface area contributed by atoms with Crippen LogP contribution < -0.4 is 10.3 Å². The minimum Gasteiger partial charge on any atom is -0.497 e. The lowest BCUT2D eigenvalue weighted by molar-refractivity contribution is 0.0732. The highest BCUT2D eigenvalue weighted by Gasteiger charge is 2.32. The van der Waals surface area contributed by atoms with Gasteiger partial charge in [0.15, 0.2) is 5.16 Å². The first kappa shape index (κ1) is 16.2. The van der Waals surface area contributed by atoms with Gasteiger partial charge in [0.2, 0.25) is 0 Å². The van der Waals surface area contributed by atoms with E-state index >= 15 is 0 Å². The molecule has 2 aliphatic heterocycles. The van der Waals surface area contributed by atoms with Crippen LogP contribution in [0, 0.1) is 0 Å². The number of thioether (sulfide) groups is 1. The molecule has 1 saturated heterocycles. The molecule has 2 aliphatic rings. The Balaban J connectivity index is 1.64. The number of aromatic nitrogens is 2. The average Bonchev–Trinajstić information content (AvgIpc) is 3.31. The Labute approximate surface area is 149 Å². The van der Waals surface area contributed by atoms with Gasteiger partial charge in [-0.15, -0.1) is 0 Å². The first-order valence-corrected chi connectivity index (χ1v) is 9.35. The number of rotatable bonds is 3. The summed E-state index contributed by atoms with van der Waals surface area (Å²) in [5.41, 5.74) is 1.02. The van der Waals surface area contributed by atoms with Crippen molar-refractivity contribution >= 4 is 17.7 Å². The van der Waals surface area contributed by atoms with Gasteiger partial charge >= 0.3 is 0 Å². The number of likely N-dealkylation sites (tertiary alicyclic amines) is 1. The molecular weight excluding hydrogens is 338 g/mol. The molecule has 6 nitrogen and oxygen atoms in total. The fourth-order valence-corrected chi connectivity index (χ4v) is 4.42. The van der Waals surface area contributed by atoms with Crippen LogP contribution >= 0.6 is 11.8 Å². The van der Waals surface area contributed by atoms with Crippen molar-refractivity contribution in [1.82, 2.24) is 14.5 Å². The van der Waals surface area contributed by atoms with Crippen LogP contribution in [0.5, 0.6) is 5.75 Å². The lowest BCUT2D eigenvalue weighted by atomic mass is 10.0. The maximum Gasteiger partial charge on any atom is 0.267 e.